The zero-order valence-electron chi connectivity index (χ0n) is 22.5. The summed E-state index contributed by atoms with van der Waals surface area (Å²) >= 11 is 9.60. The molecule has 0 amide bonds. The Morgan fingerprint density at radius 3 is 2.35 bits per heavy atom. The number of hydrogen-bond acceptors (Lipinski definition) is 3. The van der Waals surface area contributed by atoms with E-state index < -0.39 is 0 Å². The molecular formula is C33H29BrN4OS. The van der Waals surface area contributed by atoms with Gasteiger partial charge in [-0.05, 0) is 111 Å². The quantitative estimate of drug-likeness (QED) is 0.196. The van der Waals surface area contributed by atoms with Crippen molar-refractivity contribution in [2.24, 2.45) is 0 Å². The number of ether oxygens (including phenoxy) is 1. The van der Waals surface area contributed by atoms with E-state index in [9.17, 15) is 0 Å². The molecule has 1 saturated heterocycles. The first-order valence-corrected chi connectivity index (χ1v) is 14.4. The molecule has 5 aromatic rings. The van der Waals surface area contributed by atoms with Gasteiger partial charge in [0.1, 0.15) is 11.5 Å². The zero-order chi connectivity index (χ0) is 27.8. The predicted octanol–water partition coefficient (Wildman–Crippen LogP) is 8.53. The molecule has 3 aromatic carbocycles. The van der Waals surface area contributed by atoms with Crippen molar-refractivity contribution in [1.29, 1.82) is 0 Å². The molecule has 0 bridgehead atoms. The van der Waals surface area contributed by atoms with Gasteiger partial charge in [0.15, 0.2) is 5.11 Å². The van der Waals surface area contributed by atoms with Crippen LogP contribution in [0.1, 0.15) is 40.3 Å². The minimum atomic E-state index is -0.118. The summed E-state index contributed by atoms with van der Waals surface area (Å²) in [4.78, 5) is 6.92. The van der Waals surface area contributed by atoms with E-state index in [2.05, 4.69) is 87.0 Å². The maximum Gasteiger partial charge on any atom is 0.174 e. The van der Waals surface area contributed by atoms with Crippen LogP contribution in [-0.2, 0) is 0 Å². The molecule has 2 atom stereocenters. The van der Waals surface area contributed by atoms with Gasteiger partial charge in [0, 0.05) is 33.4 Å². The minimum absolute atomic E-state index is 0.0994. The number of hydrogen-bond donors (Lipinski definition) is 1. The Hall–Kier alpha value is -3.94. The van der Waals surface area contributed by atoms with E-state index in [1.807, 2.05) is 67.7 Å². The van der Waals surface area contributed by atoms with Crippen LogP contribution in [0.5, 0.6) is 11.5 Å². The molecule has 1 N–H and O–H groups in total. The lowest BCUT2D eigenvalue weighted by Crippen LogP contribution is -2.29. The Bertz CT molecular complexity index is 1680. The van der Waals surface area contributed by atoms with Gasteiger partial charge in [-0.15, -0.1) is 0 Å². The highest BCUT2D eigenvalue weighted by atomic mass is 79.9. The summed E-state index contributed by atoms with van der Waals surface area (Å²) in [6.45, 7) is 6.37. The van der Waals surface area contributed by atoms with Crippen molar-refractivity contribution in [2.45, 2.75) is 32.9 Å². The van der Waals surface area contributed by atoms with Gasteiger partial charge in [0.2, 0.25) is 0 Å². The van der Waals surface area contributed by atoms with E-state index >= 15 is 0 Å². The number of aromatic nitrogens is 2. The van der Waals surface area contributed by atoms with Crippen LogP contribution in [-0.4, -0.2) is 14.7 Å². The van der Waals surface area contributed by atoms with Crippen molar-refractivity contribution in [3.8, 4) is 17.2 Å². The Morgan fingerprint density at radius 1 is 0.850 bits per heavy atom. The smallest absolute Gasteiger partial charge is 0.174 e. The number of halogens is 1. The fourth-order valence-corrected chi connectivity index (χ4v) is 6.25. The van der Waals surface area contributed by atoms with Crippen LogP contribution < -0.4 is 15.0 Å². The van der Waals surface area contributed by atoms with Crippen molar-refractivity contribution in [2.75, 3.05) is 4.90 Å². The molecule has 1 fully saturated rings. The first kappa shape index (κ1) is 26.3. The largest absolute Gasteiger partial charge is 0.457 e. The molecule has 1 aliphatic rings. The van der Waals surface area contributed by atoms with E-state index in [4.69, 9.17) is 21.9 Å². The van der Waals surface area contributed by atoms with Gasteiger partial charge in [0.25, 0.3) is 0 Å². The molecule has 6 rings (SSSR count). The molecule has 40 heavy (non-hydrogen) atoms. The Balaban J connectivity index is 1.42. The first-order valence-electron chi connectivity index (χ1n) is 13.2. The number of thiocarbonyl (C=S) groups is 1. The van der Waals surface area contributed by atoms with Gasteiger partial charge in [-0.3, -0.25) is 4.98 Å². The number of pyridine rings is 1. The van der Waals surface area contributed by atoms with Gasteiger partial charge < -0.3 is 19.5 Å². The molecule has 1 aliphatic heterocycles. The lowest BCUT2D eigenvalue weighted by atomic mass is 9.96. The van der Waals surface area contributed by atoms with Gasteiger partial charge in [-0.1, -0.05) is 46.3 Å². The molecule has 0 aliphatic carbocycles. The maximum atomic E-state index is 6.17. The van der Waals surface area contributed by atoms with Crippen LogP contribution in [0, 0.1) is 20.8 Å². The molecule has 0 saturated carbocycles. The SMILES string of the molecule is Cc1ccccc1Oc1ccc(N2C(=S)N[C@@H](c3ccccn3)[C@@H]2c2cc(C)n(-c3cccc(Br)c3)c2C)cc1. The number of para-hydroxylation sites is 1. The summed E-state index contributed by atoms with van der Waals surface area (Å²) in [5.74, 6) is 1.63. The van der Waals surface area contributed by atoms with Crippen molar-refractivity contribution in [3.05, 3.63) is 136 Å². The van der Waals surface area contributed by atoms with E-state index in [0.717, 1.165) is 50.0 Å². The molecule has 5 nitrogen and oxygen atoms in total. The number of rotatable bonds is 6. The lowest BCUT2D eigenvalue weighted by molar-refractivity contribution is 0.479. The van der Waals surface area contributed by atoms with Crippen LogP contribution >= 0.6 is 28.1 Å². The minimum Gasteiger partial charge on any atom is -0.457 e. The van der Waals surface area contributed by atoms with Crippen LogP contribution in [0.3, 0.4) is 0 Å². The number of aryl methyl sites for hydroxylation is 2. The lowest BCUT2D eigenvalue weighted by Gasteiger charge is -2.28. The molecular weight excluding hydrogens is 580 g/mol. The Labute approximate surface area is 248 Å². The molecule has 200 valence electrons. The topological polar surface area (TPSA) is 42.3 Å². The molecule has 2 aromatic heterocycles. The normalized spacial score (nSPS) is 16.7. The van der Waals surface area contributed by atoms with Crippen molar-refractivity contribution >= 4 is 38.9 Å². The standard InChI is InChI=1S/C33H29BrN4OS/c1-21-9-4-5-13-30(21)39-27-16-14-25(15-17-27)38-32(31(36-33(38)40)29-12-6-7-18-35-29)28-19-22(2)37(23(28)3)26-11-8-10-24(34)20-26/h4-20,31-32H,1-3H3,(H,36,40)/t31-,32-/m0/s1. The molecule has 3 heterocycles. The van der Waals surface area contributed by atoms with Crippen LogP contribution in [0.25, 0.3) is 5.69 Å². The molecule has 0 radical (unpaired) electrons. The highest BCUT2D eigenvalue weighted by Gasteiger charge is 2.42. The van der Waals surface area contributed by atoms with Gasteiger partial charge in [0.05, 0.1) is 17.8 Å². The number of nitrogens with zero attached hydrogens (tertiary/aromatic N) is 3. The average molecular weight is 610 g/mol. The second-order valence-electron chi connectivity index (χ2n) is 10.00. The summed E-state index contributed by atoms with van der Waals surface area (Å²) in [5.41, 5.74) is 7.66. The van der Waals surface area contributed by atoms with E-state index in [1.165, 1.54) is 5.56 Å². The van der Waals surface area contributed by atoms with Gasteiger partial charge >= 0.3 is 0 Å². The van der Waals surface area contributed by atoms with Crippen molar-refractivity contribution in [3.63, 3.8) is 0 Å². The third-order valence-corrected chi connectivity index (χ3v) is 8.20. The summed E-state index contributed by atoms with van der Waals surface area (Å²) in [7, 11) is 0. The highest BCUT2D eigenvalue weighted by molar-refractivity contribution is 9.10. The summed E-state index contributed by atoms with van der Waals surface area (Å²) < 4.78 is 9.51. The zero-order valence-corrected chi connectivity index (χ0v) is 24.9. The van der Waals surface area contributed by atoms with Gasteiger partial charge in [-0.25, -0.2) is 0 Å². The number of nitrogens with one attached hydrogen (secondary N) is 1. The summed E-state index contributed by atoms with van der Waals surface area (Å²) in [6, 6.07) is 32.6. The highest BCUT2D eigenvalue weighted by Crippen LogP contribution is 2.44. The summed E-state index contributed by atoms with van der Waals surface area (Å²) in [6.07, 6.45) is 1.84. The Morgan fingerprint density at radius 2 is 1.62 bits per heavy atom. The number of anilines is 1. The van der Waals surface area contributed by atoms with E-state index in [0.29, 0.717) is 5.11 Å². The third kappa shape index (κ3) is 4.91. The first-order chi connectivity index (χ1) is 19.4. The maximum absolute atomic E-state index is 6.17. The Kier molecular flexibility index (Phi) is 7.17. The molecule has 0 spiro atoms. The van der Waals surface area contributed by atoms with Crippen LogP contribution in [0.4, 0.5) is 5.69 Å². The van der Waals surface area contributed by atoms with Crippen molar-refractivity contribution in [1.82, 2.24) is 14.9 Å². The second kappa shape index (κ2) is 10.9. The van der Waals surface area contributed by atoms with Crippen molar-refractivity contribution < 1.29 is 4.74 Å². The van der Waals surface area contributed by atoms with Crippen LogP contribution in [0.15, 0.2) is 108 Å². The third-order valence-electron chi connectivity index (χ3n) is 7.39. The molecule has 0 unspecified atom stereocenters. The predicted molar refractivity (Wildman–Crippen MR) is 169 cm³/mol. The fourth-order valence-electron chi connectivity index (χ4n) is 5.52. The summed E-state index contributed by atoms with van der Waals surface area (Å²) in [5, 5.41) is 4.25. The van der Waals surface area contributed by atoms with Crippen LogP contribution in [0.2, 0.25) is 0 Å². The fraction of sp³-hybridized carbons (Fsp3) is 0.152. The van der Waals surface area contributed by atoms with E-state index in [1.54, 1.807) is 0 Å². The van der Waals surface area contributed by atoms with Gasteiger partial charge in [-0.2, -0.15) is 0 Å². The van der Waals surface area contributed by atoms with E-state index in [-0.39, 0.29) is 12.1 Å². The molecule has 7 heteroatoms. The second-order valence-corrected chi connectivity index (χ2v) is 11.3. The number of benzene rings is 3. The monoisotopic (exact) mass is 608 g/mol. The average Bonchev–Trinajstić information content (AvgIpc) is 3.45.